The van der Waals surface area contributed by atoms with Gasteiger partial charge in [0.25, 0.3) is 5.91 Å². The third-order valence-electron chi connectivity index (χ3n) is 13.4. The lowest BCUT2D eigenvalue weighted by molar-refractivity contribution is -0.126. The first-order valence-corrected chi connectivity index (χ1v) is 24.3. The highest BCUT2D eigenvalue weighted by molar-refractivity contribution is 6.23. The van der Waals surface area contributed by atoms with E-state index in [1.165, 1.54) is 94.8 Å². The molecule has 0 bridgehead atoms. The number of nitrogens with zero attached hydrogens (tertiary/aromatic N) is 5. The molecule has 0 radical (unpaired) electrons. The van der Waals surface area contributed by atoms with Crippen molar-refractivity contribution in [3.05, 3.63) is 60.8 Å². The summed E-state index contributed by atoms with van der Waals surface area (Å²) in [6.07, 6.45) is 23.4. The van der Waals surface area contributed by atoms with Gasteiger partial charge < -0.3 is 25.6 Å². The topological polar surface area (TPSA) is 151 Å². The quantitative estimate of drug-likeness (QED) is 0.153. The zero-order chi connectivity index (χ0) is 45.6. The fourth-order valence-electron chi connectivity index (χ4n) is 9.68. The van der Waals surface area contributed by atoms with E-state index in [1.54, 1.807) is 29.2 Å². The first-order valence-electron chi connectivity index (χ1n) is 24.3. The summed E-state index contributed by atoms with van der Waals surface area (Å²) in [5.41, 5.74) is 0.882. The second-order valence-corrected chi connectivity index (χ2v) is 20.8. The van der Waals surface area contributed by atoms with E-state index < -0.39 is 11.6 Å². The van der Waals surface area contributed by atoms with E-state index in [1.807, 2.05) is 41.2 Å². The molecule has 0 atom stereocenters. The number of para-hydroxylation sites is 1. The van der Waals surface area contributed by atoms with Gasteiger partial charge in [-0.05, 0) is 62.3 Å². The molecule has 1 spiro atoms. The molecule has 350 valence electrons. The molecule has 1 aliphatic carbocycles. The molecule has 3 fully saturated rings. The molecule has 13 nitrogen and oxygen atoms in total. The standard InChI is InChI=1S/C51H76N8O5/c1-48(2,35-44(60)53-50(5)28-21-16-14-12-10-8-6-7-9-11-13-15-17-22-29-50)38-64-39-49(3,4)37-58-36-43(55-56-58)40-24-23-25-41(34-40)52-46(62)57-32-30-51(31-33-57)45(61)59(47(63)54-51)42-26-19-18-20-27-42/h18-20,23-27,34,36H,6-17,21-22,28-33,35,37-39H2,1-5H3,(H,52,62)(H,53,60)(H,54,63). The highest BCUT2D eigenvalue weighted by Gasteiger charge is 2.53. The first-order chi connectivity index (χ1) is 30.6. The molecule has 1 aromatic heterocycles. The highest BCUT2D eigenvalue weighted by atomic mass is 16.5. The van der Waals surface area contributed by atoms with E-state index in [0.29, 0.717) is 69.2 Å². The molecule has 2 aliphatic heterocycles. The highest BCUT2D eigenvalue weighted by Crippen LogP contribution is 2.33. The molecule has 2 saturated heterocycles. The number of likely N-dealkylation sites (tertiary alicyclic amines) is 1. The van der Waals surface area contributed by atoms with Gasteiger partial charge in [0.15, 0.2) is 0 Å². The van der Waals surface area contributed by atoms with Crippen LogP contribution in [0.25, 0.3) is 11.3 Å². The van der Waals surface area contributed by atoms with Gasteiger partial charge in [-0.25, -0.2) is 14.5 Å². The zero-order valence-corrected chi connectivity index (χ0v) is 39.5. The number of rotatable bonds is 12. The molecule has 0 unspecified atom stereocenters. The number of nitrogens with one attached hydrogen (secondary N) is 3. The van der Waals surface area contributed by atoms with Gasteiger partial charge >= 0.3 is 12.1 Å². The van der Waals surface area contributed by atoms with Crippen LogP contribution >= 0.6 is 0 Å². The average molecular weight is 881 g/mol. The summed E-state index contributed by atoms with van der Waals surface area (Å²) in [5, 5.41) is 18.3. The molecule has 3 aliphatic rings. The van der Waals surface area contributed by atoms with Crippen LogP contribution in [0.4, 0.5) is 21.0 Å². The molecule has 3 heterocycles. The fourth-order valence-corrected chi connectivity index (χ4v) is 9.68. The van der Waals surface area contributed by atoms with Crippen LogP contribution in [0.15, 0.2) is 60.8 Å². The van der Waals surface area contributed by atoms with E-state index in [0.717, 1.165) is 18.4 Å². The van der Waals surface area contributed by atoms with Crippen molar-refractivity contribution in [1.82, 2.24) is 30.5 Å². The maximum Gasteiger partial charge on any atom is 0.329 e. The Labute approximate surface area is 382 Å². The molecule has 13 heteroatoms. The Morgan fingerprint density at radius 2 is 1.33 bits per heavy atom. The normalized spacial score (nSPS) is 19.5. The Morgan fingerprint density at radius 3 is 1.94 bits per heavy atom. The minimum absolute atomic E-state index is 0.119. The van der Waals surface area contributed by atoms with Crippen molar-refractivity contribution in [3.8, 4) is 11.3 Å². The Bertz CT molecular complexity index is 1970. The fraction of sp³-hybridized carbons (Fsp3) is 0.647. The predicted octanol–water partition coefficient (Wildman–Crippen LogP) is 10.7. The lowest BCUT2D eigenvalue weighted by Crippen LogP contribution is -2.56. The van der Waals surface area contributed by atoms with Crippen molar-refractivity contribution < 1.29 is 23.9 Å². The van der Waals surface area contributed by atoms with Crippen molar-refractivity contribution in [3.63, 3.8) is 0 Å². The minimum Gasteiger partial charge on any atom is -0.380 e. The summed E-state index contributed by atoms with van der Waals surface area (Å²) >= 11 is 0. The first kappa shape index (κ1) is 48.7. The number of benzene rings is 2. The molecule has 3 aromatic rings. The van der Waals surface area contributed by atoms with Crippen LogP contribution < -0.4 is 20.9 Å². The van der Waals surface area contributed by atoms with Crippen molar-refractivity contribution in [2.24, 2.45) is 10.8 Å². The van der Waals surface area contributed by atoms with Crippen LogP contribution in [0.2, 0.25) is 0 Å². The Morgan fingerprint density at radius 1 is 0.750 bits per heavy atom. The number of hydrogen-bond acceptors (Lipinski definition) is 7. The van der Waals surface area contributed by atoms with Crippen LogP contribution in [0.1, 0.15) is 157 Å². The van der Waals surface area contributed by atoms with E-state index in [9.17, 15) is 19.2 Å². The summed E-state index contributed by atoms with van der Waals surface area (Å²) in [6.45, 7) is 13.0. The Kier molecular flexibility index (Phi) is 17.0. The molecular formula is C51H76N8O5. The van der Waals surface area contributed by atoms with Crippen LogP contribution in [0, 0.1) is 10.8 Å². The van der Waals surface area contributed by atoms with Crippen LogP contribution in [-0.2, 0) is 20.9 Å². The molecule has 2 aromatic carbocycles. The second kappa shape index (κ2) is 22.4. The lowest BCUT2D eigenvalue weighted by Gasteiger charge is -2.37. The zero-order valence-electron chi connectivity index (χ0n) is 39.5. The van der Waals surface area contributed by atoms with Crippen molar-refractivity contribution in [2.45, 2.75) is 174 Å². The maximum absolute atomic E-state index is 13.6. The van der Waals surface area contributed by atoms with E-state index in [4.69, 9.17) is 4.74 Å². The van der Waals surface area contributed by atoms with Gasteiger partial charge in [-0.2, -0.15) is 0 Å². The second-order valence-electron chi connectivity index (χ2n) is 20.8. The molecule has 1 saturated carbocycles. The van der Waals surface area contributed by atoms with Gasteiger partial charge in [-0.1, -0.05) is 153 Å². The third-order valence-corrected chi connectivity index (χ3v) is 13.4. The summed E-state index contributed by atoms with van der Waals surface area (Å²) in [5.74, 6) is -0.161. The number of carbonyl (C=O) groups is 4. The van der Waals surface area contributed by atoms with E-state index in [2.05, 4.69) is 60.9 Å². The number of anilines is 2. The van der Waals surface area contributed by atoms with Gasteiger partial charge in [0.2, 0.25) is 5.91 Å². The van der Waals surface area contributed by atoms with Gasteiger partial charge in [-0.3, -0.25) is 14.3 Å². The SMILES string of the molecule is CC(C)(COCC(C)(C)Cn1cc(-c2cccc(NC(=O)N3CCC4(CC3)NC(=O)N(c3ccccc3)C4=O)c2)nn1)CC(=O)NC1(C)CCCCCCCCCCCCCCCC1. The summed E-state index contributed by atoms with van der Waals surface area (Å²) in [7, 11) is 0. The maximum atomic E-state index is 13.6. The van der Waals surface area contributed by atoms with Crippen molar-refractivity contribution in [1.29, 1.82) is 0 Å². The van der Waals surface area contributed by atoms with Crippen molar-refractivity contribution >= 4 is 35.3 Å². The van der Waals surface area contributed by atoms with Gasteiger partial charge in [0, 0.05) is 48.3 Å². The molecule has 6 rings (SSSR count). The predicted molar refractivity (Wildman–Crippen MR) is 254 cm³/mol. The van der Waals surface area contributed by atoms with Crippen LogP contribution in [0.5, 0.6) is 0 Å². The van der Waals surface area contributed by atoms with Gasteiger partial charge in [0.1, 0.15) is 11.2 Å². The van der Waals surface area contributed by atoms with Crippen LogP contribution in [-0.4, -0.2) is 81.2 Å². The number of amides is 6. The summed E-state index contributed by atoms with van der Waals surface area (Å²) < 4.78 is 8.15. The molecule has 6 amide bonds. The van der Waals surface area contributed by atoms with E-state index in [-0.39, 0.29) is 34.2 Å². The number of hydrogen-bond donors (Lipinski definition) is 3. The summed E-state index contributed by atoms with van der Waals surface area (Å²) in [6, 6.07) is 15.7. The molecule has 64 heavy (non-hydrogen) atoms. The number of ether oxygens (including phenoxy) is 1. The third kappa shape index (κ3) is 14.1. The Hall–Kier alpha value is -4.78. The molecular weight excluding hydrogens is 805 g/mol. The number of carbonyl (C=O) groups excluding carboxylic acids is 4. The minimum atomic E-state index is -1.02. The van der Waals surface area contributed by atoms with E-state index >= 15 is 0 Å². The van der Waals surface area contributed by atoms with Crippen LogP contribution in [0.3, 0.4) is 0 Å². The lowest BCUT2D eigenvalue weighted by atomic mass is 9.85. The smallest absolute Gasteiger partial charge is 0.329 e. The average Bonchev–Trinajstić information content (AvgIpc) is 3.80. The number of aromatic nitrogens is 3. The van der Waals surface area contributed by atoms with Gasteiger partial charge in [0.05, 0.1) is 25.1 Å². The number of piperidine rings is 1. The number of urea groups is 2. The Balaban J connectivity index is 0.937. The number of imide groups is 1. The molecule has 3 N–H and O–H groups in total. The van der Waals surface area contributed by atoms with Gasteiger partial charge in [-0.15, -0.1) is 5.10 Å². The monoisotopic (exact) mass is 881 g/mol. The summed E-state index contributed by atoms with van der Waals surface area (Å²) in [4.78, 5) is 56.1. The van der Waals surface area contributed by atoms with Crippen molar-refractivity contribution in [2.75, 3.05) is 36.5 Å². The largest absolute Gasteiger partial charge is 0.380 e.